The van der Waals surface area contributed by atoms with Crippen molar-refractivity contribution in [2.24, 2.45) is 0 Å². The molecule has 0 aromatic carbocycles. The minimum atomic E-state index is -0.849. The number of unbranched alkanes of at least 4 members (excludes halogenated alkanes) is 7. The maximum absolute atomic E-state index is 10.4. The molecule has 3 heteroatoms. The van der Waals surface area contributed by atoms with Crippen molar-refractivity contribution >= 4 is 5.97 Å². The highest BCUT2D eigenvalue weighted by molar-refractivity contribution is 5.85. The zero-order valence-corrected chi connectivity index (χ0v) is 10.3. The van der Waals surface area contributed by atoms with Crippen molar-refractivity contribution in [3.8, 4) is 0 Å². The second-order valence-electron chi connectivity index (χ2n) is 4.13. The molecule has 0 aliphatic heterocycles. The van der Waals surface area contributed by atoms with E-state index in [0.29, 0.717) is 12.0 Å². The maximum Gasteiger partial charge on any atom is 0.330 e. The fourth-order valence-electron chi connectivity index (χ4n) is 1.58. The van der Waals surface area contributed by atoms with Crippen molar-refractivity contribution in [2.75, 3.05) is 0 Å². The third-order valence-corrected chi connectivity index (χ3v) is 2.63. The van der Waals surface area contributed by atoms with E-state index in [9.17, 15) is 4.79 Å². The topological polar surface area (TPSA) is 37.3 Å². The zero-order chi connectivity index (χ0) is 11.5. The van der Waals surface area contributed by atoms with Crippen LogP contribution in [-0.2, 0) is 4.79 Å². The number of aliphatic carboxylic acids is 1. The molecule has 0 rings (SSSR count). The number of hydrogen-bond acceptors (Lipinski definition) is 1. The Bertz CT molecular complexity index is 190. The first-order chi connectivity index (χ1) is 7.18. The van der Waals surface area contributed by atoms with Crippen LogP contribution in [0.2, 0.25) is 0 Å². The van der Waals surface area contributed by atoms with Gasteiger partial charge in [0, 0.05) is 5.57 Å². The van der Waals surface area contributed by atoms with Crippen molar-refractivity contribution in [3.63, 3.8) is 0 Å². The highest BCUT2D eigenvalue weighted by Crippen LogP contribution is 2.11. The summed E-state index contributed by atoms with van der Waals surface area (Å²) in [5.41, 5.74) is 0.348. The first kappa shape index (κ1) is 17.5. The van der Waals surface area contributed by atoms with E-state index in [2.05, 4.69) is 13.5 Å². The van der Waals surface area contributed by atoms with E-state index in [1.807, 2.05) is 0 Å². The van der Waals surface area contributed by atoms with Crippen LogP contribution < -0.4 is 0 Å². The van der Waals surface area contributed by atoms with E-state index >= 15 is 0 Å². The van der Waals surface area contributed by atoms with Crippen LogP contribution in [0.25, 0.3) is 0 Å². The van der Waals surface area contributed by atoms with Crippen LogP contribution in [0.1, 0.15) is 64.7 Å². The molecule has 0 radical (unpaired) electrons. The van der Waals surface area contributed by atoms with Crippen LogP contribution in [0, 0.1) is 0 Å². The van der Waals surface area contributed by atoms with Gasteiger partial charge in [-0.3, -0.25) is 4.70 Å². The van der Waals surface area contributed by atoms with E-state index in [0.717, 1.165) is 12.8 Å². The Morgan fingerprint density at radius 2 is 1.44 bits per heavy atom. The Morgan fingerprint density at radius 3 is 1.88 bits per heavy atom. The standard InChI is InChI=1S/C13H24O2.FH/c1-3-4-5-6-7-8-9-10-11-12(2)13(14)15;/h2-11H2,1H3,(H,14,15);1H. The molecule has 0 bridgehead atoms. The van der Waals surface area contributed by atoms with Gasteiger partial charge in [0.1, 0.15) is 0 Å². The third-order valence-electron chi connectivity index (χ3n) is 2.63. The summed E-state index contributed by atoms with van der Waals surface area (Å²) in [7, 11) is 0. The first-order valence-corrected chi connectivity index (χ1v) is 6.09. The average molecular weight is 232 g/mol. The van der Waals surface area contributed by atoms with Crippen molar-refractivity contribution in [2.45, 2.75) is 64.7 Å². The summed E-state index contributed by atoms with van der Waals surface area (Å²) in [6.45, 7) is 5.73. The molecule has 2 nitrogen and oxygen atoms in total. The fourth-order valence-corrected chi connectivity index (χ4v) is 1.58. The third kappa shape index (κ3) is 11.2. The van der Waals surface area contributed by atoms with E-state index in [1.165, 1.54) is 38.5 Å². The lowest BCUT2D eigenvalue weighted by atomic mass is 10.1. The maximum atomic E-state index is 10.4. The van der Waals surface area contributed by atoms with Gasteiger partial charge >= 0.3 is 5.97 Å². The Morgan fingerprint density at radius 1 is 1.00 bits per heavy atom. The molecule has 0 saturated heterocycles. The Hall–Kier alpha value is -0.860. The molecule has 96 valence electrons. The van der Waals surface area contributed by atoms with Crippen LogP contribution in [0.15, 0.2) is 12.2 Å². The molecule has 0 unspecified atom stereocenters. The van der Waals surface area contributed by atoms with Gasteiger partial charge in [-0.2, -0.15) is 0 Å². The van der Waals surface area contributed by atoms with E-state index in [-0.39, 0.29) is 4.70 Å². The monoisotopic (exact) mass is 232 g/mol. The molecule has 0 saturated carbocycles. The molecule has 0 spiro atoms. The number of carboxylic acids is 1. The highest BCUT2D eigenvalue weighted by Gasteiger charge is 2.02. The molecule has 0 atom stereocenters. The van der Waals surface area contributed by atoms with Gasteiger partial charge in [-0.05, 0) is 12.8 Å². The lowest BCUT2D eigenvalue weighted by Gasteiger charge is -2.01. The second kappa shape index (κ2) is 12.2. The fraction of sp³-hybridized carbons (Fsp3) is 0.769. The predicted molar refractivity (Wildman–Crippen MR) is 66.5 cm³/mol. The van der Waals surface area contributed by atoms with E-state index in [1.54, 1.807) is 0 Å². The van der Waals surface area contributed by atoms with Crippen LogP contribution in [-0.4, -0.2) is 11.1 Å². The number of rotatable bonds is 10. The van der Waals surface area contributed by atoms with Gasteiger partial charge in [0.25, 0.3) is 0 Å². The van der Waals surface area contributed by atoms with Gasteiger partial charge in [0.05, 0.1) is 0 Å². The van der Waals surface area contributed by atoms with Crippen LogP contribution in [0.5, 0.6) is 0 Å². The van der Waals surface area contributed by atoms with E-state index in [4.69, 9.17) is 5.11 Å². The minimum Gasteiger partial charge on any atom is -0.478 e. The highest BCUT2D eigenvalue weighted by atomic mass is 19.0. The minimum absolute atomic E-state index is 0. The lowest BCUT2D eigenvalue weighted by Crippen LogP contribution is -1.98. The first-order valence-electron chi connectivity index (χ1n) is 6.09. The SMILES string of the molecule is C=C(CCCCCCCCCC)C(=O)O.F. The number of carbonyl (C=O) groups is 1. The number of carboxylic acid groups (broad SMARTS) is 1. The van der Waals surface area contributed by atoms with Gasteiger partial charge < -0.3 is 5.11 Å². The Kier molecular flexibility index (Phi) is 13.4. The number of halogens is 1. The van der Waals surface area contributed by atoms with Crippen molar-refractivity contribution in [1.82, 2.24) is 0 Å². The van der Waals surface area contributed by atoms with Crippen LogP contribution >= 0.6 is 0 Å². The molecule has 16 heavy (non-hydrogen) atoms. The van der Waals surface area contributed by atoms with Gasteiger partial charge in [-0.15, -0.1) is 0 Å². The molecular weight excluding hydrogens is 207 g/mol. The summed E-state index contributed by atoms with van der Waals surface area (Å²) in [6, 6.07) is 0. The second-order valence-corrected chi connectivity index (χ2v) is 4.13. The van der Waals surface area contributed by atoms with Crippen molar-refractivity contribution < 1.29 is 14.6 Å². The normalized spacial score (nSPS) is 9.56. The quantitative estimate of drug-likeness (QED) is 0.450. The van der Waals surface area contributed by atoms with Gasteiger partial charge in [0.15, 0.2) is 0 Å². The molecule has 0 amide bonds. The predicted octanol–water partition coefficient (Wildman–Crippen LogP) is 4.31. The van der Waals surface area contributed by atoms with Crippen molar-refractivity contribution in [1.29, 1.82) is 0 Å². The van der Waals surface area contributed by atoms with Gasteiger partial charge in [0.2, 0.25) is 0 Å². The van der Waals surface area contributed by atoms with Crippen molar-refractivity contribution in [3.05, 3.63) is 12.2 Å². The smallest absolute Gasteiger partial charge is 0.330 e. The number of hydrogen-bond donors (Lipinski definition) is 1. The zero-order valence-electron chi connectivity index (χ0n) is 10.3. The summed E-state index contributed by atoms with van der Waals surface area (Å²) in [5.74, 6) is -0.849. The molecule has 0 fully saturated rings. The van der Waals surface area contributed by atoms with Gasteiger partial charge in [-0.25, -0.2) is 4.79 Å². The Labute approximate surface area is 98.1 Å². The summed E-state index contributed by atoms with van der Waals surface area (Å²) >= 11 is 0. The molecular formula is C13H25FO2. The lowest BCUT2D eigenvalue weighted by molar-refractivity contribution is -0.132. The van der Waals surface area contributed by atoms with Crippen LogP contribution in [0.3, 0.4) is 0 Å². The summed E-state index contributed by atoms with van der Waals surface area (Å²) in [4.78, 5) is 10.4. The molecule has 0 aliphatic carbocycles. The molecule has 0 heterocycles. The molecule has 0 aromatic rings. The summed E-state index contributed by atoms with van der Waals surface area (Å²) < 4.78 is 0. The Balaban J connectivity index is 0. The average Bonchev–Trinajstić information content (AvgIpc) is 2.21. The van der Waals surface area contributed by atoms with E-state index < -0.39 is 5.97 Å². The molecule has 1 N–H and O–H groups in total. The summed E-state index contributed by atoms with van der Waals surface area (Å²) in [5, 5.41) is 8.58. The largest absolute Gasteiger partial charge is 0.478 e. The van der Waals surface area contributed by atoms with Gasteiger partial charge in [-0.1, -0.05) is 58.4 Å². The summed E-state index contributed by atoms with van der Waals surface area (Å²) in [6.07, 6.45) is 10.6. The van der Waals surface area contributed by atoms with Crippen LogP contribution in [0.4, 0.5) is 4.70 Å². The molecule has 0 aromatic heterocycles. The molecule has 0 aliphatic rings.